The van der Waals surface area contributed by atoms with Crippen LogP contribution in [0.25, 0.3) is 0 Å². The fourth-order valence-corrected chi connectivity index (χ4v) is 2.48. The second-order valence-electron chi connectivity index (χ2n) is 5.72. The van der Waals surface area contributed by atoms with E-state index < -0.39 is 0 Å². The summed E-state index contributed by atoms with van der Waals surface area (Å²) in [6.45, 7) is 0.420. The summed E-state index contributed by atoms with van der Waals surface area (Å²) in [5.41, 5.74) is 1.90. The van der Waals surface area contributed by atoms with Gasteiger partial charge in [0.05, 0.1) is 12.8 Å². The Hall–Kier alpha value is -3.48. The molecule has 0 aliphatic carbocycles. The van der Waals surface area contributed by atoms with Crippen LogP contribution in [0.4, 0.5) is 16.0 Å². The number of hydrogen-bond acceptors (Lipinski definition) is 5. The van der Waals surface area contributed by atoms with Crippen molar-refractivity contribution in [2.45, 2.75) is 6.42 Å². The van der Waals surface area contributed by atoms with Gasteiger partial charge in [-0.2, -0.15) is 0 Å². The molecule has 0 unspecified atom stereocenters. The molecular formula is C20H19FN4O2. The summed E-state index contributed by atoms with van der Waals surface area (Å²) < 4.78 is 18.2. The Balaban J connectivity index is 1.60. The van der Waals surface area contributed by atoms with Gasteiger partial charge in [0, 0.05) is 12.7 Å². The van der Waals surface area contributed by atoms with Gasteiger partial charge in [-0.05, 0) is 42.3 Å². The maximum Gasteiger partial charge on any atom is 0.270 e. The van der Waals surface area contributed by atoms with Gasteiger partial charge in [-0.25, -0.2) is 14.4 Å². The molecule has 0 fully saturated rings. The fraction of sp³-hybridized carbons (Fsp3) is 0.150. The summed E-state index contributed by atoms with van der Waals surface area (Å²) in [6.07, 6.45) is 2.11. The second-order valence-corrected chi connectivity index (χ2v) is 5.72. The number of methoxy groups -OCH3 is 1. The molecule has 0 aliphatic rings. The summed E-state index contributed by atoms with van der Waals surface area (Å²) in [6, 6.07) is 15.1. The van der Waals surface area contributed by atoms with Crippen molar-refractivity contribution in [1.29, 1.82) is 0 Å². The van der Waals surface area contributed by atoms with Crippen molar-refractivity contribution in [3.63, 3.8) is 0 Å². The zero-order chi connectivity index (χ0) is 19.1. The van der Waals surface area contributed by atoms with Crippen molar-refractivity contribution in [3.05, 3.63) is 77.9 Å². The molecule has 1 aromatic heterocycles. The summed E-state index contributed by atoms with van der Waals surface area (Å²) in [4.78, 5) is 20.7. The molecule has 3 aromatic rings. The Morgan fingerprint density at radius 1 is 1.11 bits per heavy atom. The van der Waals surface area contributed by atoms with Gasteiger partial charge < -0.3 is 15.4 Å². The maximum atomic E-state index is 12.9. The van der Waals surface area contributed by atoms with Gasteiger partial charge in [-0.1, -0.05) is 24.3 Å². The van der Waals surface area contributed by atoms with Crippen molar-refractivity contribution >= 4 is 17.5 Å². The summed E-state index contributed by atoms with van der Waals surface area (Å²) in [7, 11) is 1.58. The van der Waals surface area contributed by atoms with Crippen LogP contribution in [-0.2, 0) is 6.42 Å². The molecule has 3 rings (SSSR count). The van der Waals surface area contributed by atoms with Crippen molar-refractivity contribution in [2.75, 3.05) is 19.0 Å². The minimum atomic E-state index is -0.303. The van der Waals surface area contributed by atoms with Gasteiger partial charge in [-0.3, -0.25) is 4.79 Å². The molecular weight excluding hydrogens is 347 g/mol. The third-order valence-electron chi connectivity index (χ3n) is 3.85. The Labute approximate surface area is 156 Å². The average molecular weight is 366 g/mol. The number of nitrogens with one attached hydrogen (secondary N) is 2. The smallest absolute Gasteiger partial charge is 0.270 e. The lowest BCUT2D eigenvalue weighted by Gasteiger charge is -2.10. The Morgan fingerprint density at radius 2 is 1.89 bits per heavy atom. The van der Waals surface area contributed by atoms with E-state index in [1.54, 1.807) is 25.3 Å². The topological polar surface area (TPSA) is 76.1 Å². The molecule has 2 N–H and O–H groups in total. The number of nitrogens with zero attached hydrogens (tertiary/aromatic N) is 2. The number of rotatable bonds is 7. The van der Waals surface area contributed by atoms with Gasteiger partial charge in [0.1, 0.15) is 17.3 Å². The zero-order valence-electron chi connectivity index (χ0n) is 14.8. The highest BCUT2D eigenvalue weighted by molar-refractivity contribution is 5.92. The van der Waals surface area contributed by atoms with Gasteiger partial charge in [0.2, 0.25) is 5.95 Å². The molecule has 0 spiro atoms. The van der Waals surface area contributed by atoms with Crippen molar-refractivity contribution in [3.8, 4) is 5.75 Å². The largest absolute Gasteiger partial charge is 0.495 e. The molecule has 1 heterocycles. The van der Waals surface area contributed by atoms with E-state index in [0.29, 0.717) is 30.4 Å². The first-order chi connectivity index (χ1) is 13.2. The third kappa shape index (κ3) is 5.01. The van der Waals surface area contributed by atoms with Gasteiger partial charge >= 0.3 is 0 Å². The van der Waals surface area contributed by atoms with Crippen LogP contribution in [0.5, 0.6) is 5.75 Å². The van der Waals surface area contributed by atoms with Crippen LogP contribution in [0, 0.1) is 5.82 Å². The molecule has 27 heavy (non-hydrogen) atoms. The third-order valence-corrected chi connectivity index (χ3v) is 3.85. The highest BCUT2D eigenvalue weighted by atomic mass is 19.1. The first kappa shape index (κ1) is 18.3. The lowest BCUT2D eigenvalue weighted by atomic mass is 10.1. The lowest BCUT2D eigenvalue weighted by Crippen LogP contribution is -2.26. The minimum absolute atomic E-state index is 0.251. The zero-order valence-corrected chi connectivity index (χ0v) is 14.8. The molecule has 0 aliphatic heterocycles. The molecule has 0 radical (unpaired) electrons. The van der Waals surface area contributed by atoms with Crippen LogP contribution in [-0.4, -0.2) is 29.5 Å². The molecule has 0 atom stereocenters. The van der Waals surface area contributed by atoms with Crippen LogP contribution < -0.4 is 15.4 Å². The second kappa shape index (κ2) is 8.75. The number of halogens is 1. The van der Waals surface area contributed by atoms with E-state index in [0.717, 1.165) is 5.56 Å². The average Bonchev–Trinajstić information content (AvgIpc) is 2.70. The van der Waals surface area contributed by atoms with E-state index in [1.165, 1.54) is 18.3 Å². The first-order valence-corrected chi connectivity index (χ1v) is 8.41. The van der Waals surface area contributed by atoms with Crippen LogP contribution in [0.15, 0.2) is 60.8 Å². The van der Waals surface area contributed by atoms with E-state index in [2.05, 4.69) is 20.6 Å². The number of benzene rings is 2. The molecule has 2 aromatic carbocycles. The van der Waals surface area contributed by atoms with E-state index in [1.807, 2.05) is 24.3 Å². The summed E-state index contributed by atoms with van der Waals surface area (Å²) in [5.74, 6) is 0.363. The van der Waals surface area contributed by atoms with Crippen LogP contribution in [0.3, 0.4) is 0 Å². The van der Waals surface area contributed by atoms with E-state index in [4.69, 9.17) is 4.74 Å². The predicted octanol–water partition coefficient (Wildman–Crippen LogP) is 3.34. The Morgan fingerprint density at radius 3 is 2.67 bits per heavy atom. The number of para-hydroxylation sites is 2. The predicted molar refractivity (Wildman–Crippen MR) is 101 cm³/mol. The fourth-order valence-electron chi connectivity index (χ4n) is 2.48. The number of anilines is 2. The summed E-state index contributed by atoms with van der Waals surface area (Å²) >= 11 is 0. The van der Waals surface area contributed by atoms with Crippen LogP contribution in [0.1, 0.15) is 16.1 Å². The van der Waals surface area contributed by atoms with Crippen molar-refractivity contribution < 1.29 is 13.9 Å². The number of hydrogen-bond donors (Lipinski definition) is 2. The van der Waals surface area contributed by atoms with Gasteiger partial charge in [-0.15, -0.1) is 0 Å². The molecule has 7 heteroatoms. The quantitative estimate of drug-likeness (QED) is 0.671. The Bertz CT molecular complexity index is 916. The highest BCUT2D eigenvalue weighted by Gasteiger charge is 2.10. The molecule has 1 amide bonds. The SMILES string of the molecule is COc1ccccc1Nc1nccc(C(=O)NCCc2ccc(F)cc2)n1. The van der Waals surface area contributed by atoms with E-state index in [9.17, 15) is 9.18 Å². The molecule has 138 valence electrons. The minimum Gasteiger partial charge on any atom is -0.495 e. The number of amides is 1. The molecule has 0 bridgehead atoms. The van der Waals surface area contributed by atoms with Crippen molar-refractivity contribution in [1.82, 2.24) is 15.3 Å². The van der Waals surface area contributed by atoms with Gasteiger partial charge in [0.15, 0.2) is 0 Å². The number of carbonyl (C=O) groups is 1. The molecule has 0 saturated heterocycles. The maximum absolute atomic E-state index is 12.9. The number of aromatic nitrogens is 2. The highest BCUT2D eigenvalue weighted by Crippen LogP contribution is 2.25. The monoisotopic (exact) mass is 366 g/mol. The lowest BCUT2D eigenvalue weighted by molar-refractivity contribution is 0.0949. The summed E-state index contributed by atoms with van der Waals surface area (Å²) in [5, 5.41) is 5.84. The standard InChI is InChI=1S/C20H19FN4O2/c1-27-18-5-3-2-4-16(18)24-20-23-13-11-17(25-20)19(26)22-12-10-14-6-8-15(21)9-7-14/h2-9,11,13H,10,12H2,1H3,(H,22,26)(H,23,24,25). The molecule has 0 saturated carbocycles. The van der Waals surface area contributed by atoms with Gasteiger partial charge in [0.25, 0.3) is 5.91 Å². The number of carbonyl (C=O) groups excluding carboxylic acids is 1. The van der Waals surface area contributed by atoms with Crippen molar-refractivity contribution in [2.24, 2.45) is 0 Å². The van der Waals surface area contributed by atoms with Crippen LogP contribution >= 0.6 is 0 Å². The molecule has 6 nitrogen and oxygen atoms in total. The van der Waals surface area contributed by atoms with Crippen LogP contribution in [0.2, 0.25) is 0 Å². The van der Waals surface area contributed by atoms with E-state index >= 15 is 0 Å². The Kier molecular flexibility index (Phi) is 5.94. The first-order valence-electron chi connectivity index (χ1n) is 8.41. The number of ether oxygens (including phenoxy) is 1. The normalized spacial score (nSPS) is 10.3. The van der Waals surface area contributed by atoms with E-state index in [-0.39, 0.29) is 17.4 Å².